The highest BCUT2D eigenvalue weighted by Gasteiger charge is 2.44. The molecular formula is C16H28N2OS. The van der Waals surface area contributed by atoms with Crippen LogP contribution in [0.3, 0.4) is 0 Å². The van der Waals surface area contributed by atoms with E-state index in [0.717, 1.165) is 25.8 Å². The van der Waals surface area contributed by atoms with Crippen LogP contribution in [0.15, 0.2) is 5.38 Å². The Morgan fingerprint density at radius 3 is 2.90 bits per heavy atom. The molecule has 1 aromatic rings. The fourth-order valence-electron chi connectivity index (χ4n) is 3.09. The van der Waals surface area contributed by atoms with E-state index in [1.54, 1.807) is 11.3 Å². The Morgan fingerprint density at radius 1 is 1.50 bits per heavy atom. The molecule has 0 radical (unpaired) electrons. The van der Waals surface area contributed by atoms with Crippen molar-refractivity contribution in [2.75, 3.05) is 13.7 Å². The zero-order chi connectivity index (χ0) is 14.6. The molecular weight excluding hydrogens is 268 g/mol. The molecule has 0 spiro atoms. The van der Waals surface area contributed by atoms with Crippen LogP contribution in [0.2, 0.25) is 0 Å². The van der Waals surface area contributed by atoms with E-state index in [2.05, 4.69) is 31.5 Å². The Balaban J connectivity index is 2.33. The molecule has 0 bridgehead atoms. The van der Waals surface area contributed by atoms with Gasteiger partial charge in [0.2, 0.25) is 0 Å². The Labute approximate surface area is 127 Å². The Morgan fingerprint density at radius 2 is 2.30 bits per heavy atom. The van der Waals surface area contributed by atoms with E-state index in [4.69, 9.17) is 9.72 Å². The highest BCUT2D eigenvalue weighted by atomic mass is 32.1. The van der Waals surface area contributed by atoms with E-state index in [-0.39, 0.29) is 11.6 Å². The lowest BCUT2D eigenvalue weighted by atomic mass is 9.79. The maximum absolute atomic E-state index is 5.83. The van der Waals surface area contributed by atoms with Crippen molar-refractivity contribution in [2.24, 2.45) is 0 Å². The van der Waals surface area contributed by atoms with Crippen LogP contribution < -0.4 is 5.32 Å². The summed E-state index contributed by atoms with van der Waals surface area (Å²) in [7, 11) is 1.84. The fourth-order valence-corrected chi connectivity index (χ4v) is 4.32. The van der Waals surface area contributed by atoms with Crippen molar-refractivity contribution in [1.82, 2.24) is 10.3 Å². The van der Waals surface area contributed by atoms with E-state index < -0.39 is 0 Å². The molecule has 0 aliphatic heterocycles. The molecule has 0 saturated heterocycles. The molecule has 1 aromatic heterocycles. The van der Waals surface area contributed by atoms with Gasteiger partial charge in [0.1, 0.15) is 5.01 Å². The number of ether oxygens (including phenoxy) is 1. The number of nitrogens with one attached hydrogen (secondary N) is 1. The molecule has 20 heavy (non-hydrogen) atoms. The van der Waals surface area contributed by atoms with Crippen LogP contribution >= 0.6 is 11.3 Å². The normalized spacial score (nSPS) is 27.1. The van der Waals surface area contributed by atoms with Gasteiger partial charge in [0.05, 0.1) is 17.3 Å². The summed E-state index contributed by atoms with van der Waals surface area (Å²) in [5.74, 6) is 0.493. The predicted octanol–water partition coefficient (Wildman–Crippen LogP) is 4.05. The number of thiazole rings is 1. The van der Waals surface area contributed by atoms with Gasteiger partial charge >= 0.3 is 0 Å². The van der Waals surface area contributed by atoms with Gasteiger partial charge in [-0.2, -0.15) is 0 Å². The minimum Gasteiger partial charge on any atom is -0.379 e. The minimum absolute atomic E-state index is 0.0686. The topological polar surface area (TPSA) is 34.2 Å². The molecule has 1 aliphatic rings. The van der Waals surface area contributed by atoms with Crippen molar-refractivity contribution >= 4 is 11.3 Å². The number of methoxy groups -OCH3 is 1. The van der Waals surface area contributed by atoms with Crippen LogP contribution in [0.1, 0.15) is 69.5 Å². The lowest BCUT2D eigenvalue weighted by Gasteiger charge is -2.42. The molecule has 114 valence electrons. The smallest absolute Gasteiger partial charge is 0.116 e. The van der Waals surface area contributed by atoms with Gasteiger partial charge in [0.15, 0.2) is 0 Å². The molecule has 1 heterocycles. The largest absolute Gasteiger partial charge is 0.379 e. The molecule has 1 saturated carbocycles. The van der Waals surface area contributed by atoms with E-state index >= 15 is 0 Å². The van der Waals surface area contributed by atoms with Crippen LogP contribution in [0.4, 0.5) is 0 Å². The molecule has 2 rings (SSSR count). The van der Waals surface area contributed by atoms with Crippen molar-refractivity contribution in [3.05, 3.63) is 16.1 Å². The van der Waals surface area contributed by atoms with Crippen molar-refractivity contribution in [3.8, 4) is 0 Å². The van der Waals surface area contributed by atoms with Crippen molar-refractivity contribution in [3.63, 3.8) is 0 Å². The highest BCUT2D eigenvalue weighted by molar-refractivity contribution is 7.09. The average Bonchev–Trinajstić information content (AvgIpc) is 2.95. The molecule has 4 heteroatoms. The first kappa shape index (κ1) is 15.9. The number of nitrogens with zero attached hydrogens (tertiary/aromatic N) is 1. The minimum atomic E-state index is -0.0686. The van der Waals surface area contributed by atoms with E-state index in [9.17, 15) is 0 Å². The second kappa shape index (κ2) is 7.01. The van der Waals surface area contributed by atoms with Crippen LogP contribution in [0.5, 0.6) is 0 Å². The van der Waals surface area contributed by atoms with Gasteiger partial charge in [-0.1, -0.05) is 33.6 Å². The first-order valence-electron chi connectivity index (χ1n) is 7.87. The maximum Gasteiger partial charge on any atom is 0.116 e. The zero-order valence-corrected chi connectivity index (χ0v) is 14.1. The van der Waals surface area contributed by atoms with Crippen molar-refractivity contribution < 1.29 is 4.74 Å². The summed E-state index contributed by atoms with van der Waals surface area (Å²) in [6.07, 6.45) is 6.17. The maximum atomic E-state index is 5.83. The number of rotatable bonds is 6. The number of aromatic nitrogens is 1. The van der Waals surface area contributed by atoms with Crippen molar-refractivity contribution in [2.45, 2.75) is 70.4 Å². The molecule has 0 aromatic carbocycles. The Hall–Kier alpha value is -0.450. The SMILES string of the molecule is CCCNC1(c2nc(C(C)C)cs2)CCCCC1OC. The molecule has 0 amide bonds. The Bertz CT molecular complexity index is 418. The lowest BCUT2D eigenvalue weighted by Crippen LogP contribution is -2.54. The molecule has 1 aliphatic carbocycles. The number of hydrogen-bond donors (Lipinski definition) is 1. The quantitative estimate of drug-likeness (QED) is 0.860. The summed E-state index contributed by atoms with van der Waals surface area (Å²) >= 11 is 1.80. The predicted molar refractivity (Wildman–Crippen MR) is 85.4 cm³/mol. The van der Waals surface area contributed by atoms with Gasteiger partial charge in [-0.25, -0.2) is 4.98 Å². The van der Waals surface area contributed by atoms with Crippen LogP contribution in [0.25, 0.3) is 0 Å². The molecule has 3 nitrogen and oxygen atoms in total. The van der Waals surface area contributed by atoms with Crippen LogP contribution in [-0.4, -0.2) is 24.7 Å². The molecule has 2 atom stereocenters. The number of hydrogen-bond acceptors (Lipinski definition) is 4. The van der Waals surface area contributed by atoms with Crippen LogP contribution in [-0.2, 0) is 10.3 Å². The third-order valence-electron chi connectivity index (χ3n) is 4.31. The third-order valence-corrected chi connectivity index (χ3v) is 5.35. The first-order valence-corrected chi connectivity index (χ1v) is 8.75. The van der Waals surface area contributed by atoms with E-state index in [1.807, 2.05) is 7.11 Å². The first-order chi connectivity index (χ1) is 9.64. The van der Waals surface area contributed by atoms with Gasteiger partial charge in [-0.05, 0) is 31.7 Å². The summed E-state index contributed by atoms with van der Waals surface area (Å²) in [4.78, 5) is 4.93. The second-order valence-electron chi connectivity index (χ2n) is 6.10. The lowest BCUT2D eigenvalue weighted by molar-refractivity contribution is -0.0155. The van der Waals surface area contributed by atoms with Gasteiger partial charge in [0.25, 0.3) is 0 Å². The van der Waals surface area contributed by atoms with Gasteiger partial charge in [-0.15, -0.1) is 11.3 Å². The summed E-state index contributed by atoms with van der Waals surface area (Å²) in [6, 6.07) is 0. The standard InChI is InChI=1S/C16H28N2OS/c1-5-10-17-16(9-7-6-8-14(16)19-4)15-18-13(11-20-15)12(2)3/h11-12,14,17H,5-10H2,1-4H3. The molecule has 2 unspecified atom stereocenters. The zero-order valence-electron chi connectivity index (χ0n) is 13.2. The second-order valence-corrected chi connectivity index (χ2v) is 6.96. The van der Waals surface area contributed by atoms with E-state index in [0.29, 0.717) is 5.92 Å². The molecule has 1 N–H and O–H groups in total. The van der Waals surface area contributed by atoms with E-state index in [1.165, 1.54) is 23.5 Å². The summed E-state index contributed by atoms with van der Waals surface area (Å²) in [6.45, 7) is 7.66. The third kappa shape index (κ3) is 3.07. The fraction of sp³-hybridized carbons (Fsp3) is 0.812. The summed E-state index contributed by atoms with van der Waals surface area (Å²) in [5, 5.41) is 7.22. The highest BCUT2D eigenvalue weighted by Crippen LogP contribution is 2.40. The summed E-state index contributed by atoms with van der Waals surface area (Å²) < 4.78 is 5.83. The van der Waals surface area contributed by atoms with Crippen molar-refractivity contribution in [1.29, 1.82) is 0 Å². The van der Waals surface area contributed by atoms with Gasteiger partial charge in [-0.3, -0.25) is 0 Å². The van der Waals surface area contributed by atoms with Gasteiger partial charge in [0, 0.05) is 12.5 Å². The molecule has 1 fully saturated rings. The van der Waals surface area contributed by atoms with Crippen LogP contribution in [0, 0.1) is 0 Å². The average molecular weight is 296 g/mol. The summed E-state index contributed by atoms with van der Waals surface area (Å²) in [5.41, 5.74) is 1.14. The monoisotopic (exact) mass is 296 g/mol. The Kier molecular flexibility index (Phi) is 5.58. The van der Waals surface area contributed by atoms with Gasteiger partial charge < -0.3 is 10.1 Å².